The SMILES string of the molecule is CC1(N2CCOCC2)Nc2c([nH]c3ccccc3c2=O)O1. The van der Waals surface area contributed by atoms with E-state index in [2.05, 4.69) is 15.2 Å². The maximum absolute atomic E-state index is 12.6. The Morgan fingerprint density at radius 1 is 1.24 bits per heavy atom. The lowest BCUT2D eigenvalue weighted by atomic mass is 10.2. The maximum atomic E-state index is 12.6. The summed E-state index contributed by atoms with van der Waals surface area (Å²) in [6.45, 7) is 4.83. The van der Waals surface area contributed by atoms with Crippen LogP contribution in [0.2, 0.25) is 0 Å². The Hall–Kier alpha value is -2.05. The number of morpholine rings is 1. The third kappa shape index (κ3) is 1.91. The molecule has 6 nitrogen and oxygen atoms in total. The molecule has 4 rings (SSSR count). The number of hydrogen-bond donors (Lipinski definition) is 2. The maximum Gasteiger partial charge on any atom is 0.240 e. The molecule has 1 aromatic carbocycles. The van der Waals surface area contributed by atoms with Crippen LogP contribution in [0.5, 0.6) is 5.88 Å². The Balaban J connectivity index is 1.77. The minimum Gasteiger partial charge on any atom is -0.437 e. The number of nitrogens with zero attached hydrogens (tertiary/aromatic N) is 1. The van der Waals surface area contributed by atoms with Crippen LogP contribution >= 0.6 is 0 Å². The number of ether oxygens (including phenoxy) is 2. The van der Waals surface area contributed by atoms with Crippen LogP contribution in [0.4, 0.5) is 5.69 Å². The number of nitrogens with one attached hydrogen (secondary N) is 2. The number of H-pyrrole nitrogens is 1. The summed E-state index contributed by atoms with van der Waals surface area (Å²) in [5.41, 5.74) is 1.26. The summed E-state index contributed by atoms with van der Waals surface area (Å²) in [4.78, 5) is 17.9. The fraction of sp³-hybridized carbons (Fsp3) is 0.400. The first-order valence-corrected chi connectivity index (χ1v) is 7.12. The van der Waals surface area contributed by atoms with Gasteiger partial charge in [-0.25, -0.2) is 4.90 Å². The predicted octanol–water partition coefficient (Wildman–Crippen LogP) is 1.34. The van der Waals surface area contributed by atoms with Crippen LogP contribution in [0, 0.1) is 0 Å². The van der Waals surface area contributed by atoms with E-state index in [1.54, 1.807) is 0 Å². The molecule has 1 unspecified atom stereocenters. The first kappa shape index (κ1) is 12.7. The summed E-state index contributed by atoms with van der Waals surface area (Å²) in [6.07, 6.45) is 0. The molecule has 0 amide bonds. The van der Waals surface area contributed by atoms with Crippen LogP contribution in [-0.4, -0.2) is 42.0 Å². The quantitative estimate of drug-likeness (QED) is 0.828. The van der Waals surface area contributed by atoms with Crippen molar-refractivity contribution < 1.29 is 9.47 Å². The van der Waals surface area contributed by atoms with Gasteiger partial charge < -0.3 is 19.8 Å². The summed E-state index contributed by atoms with van der Waals surface area (Å²) in [5.74, 6) is -0.202. The molecule has 1 fully saturated rings. The van der Waals surface area contributed by atoms with E-state index in [1.807, 2.05) is 31.2 Å². The third-order valence-electron chi connectivity index (χ3n) is 4.15. The zero-order chi connectivity index (χ0) is 14.4. The second kappa shape index (κ2) is 4.47. The third-order valence-corrected chi connectivity index (χ3v) is 4.15. The van der Waals surface area contributed by atoms with Gasteiger partial charge in [0.1, 0.15) is 5.69 Å². The van der Waals surface area contributed by atoms with Gasteiger partial charge in [0.25, 0.3) is 0 Å². The smallest absolute Gasteiger partial charge is 0.240 e. The van der Waals surface area contributed by atoms with Gasteiger partial charge in [-0.1, -0.05) is 12.1 Å². The van der Waals surface area contributed by atoms with E-state index in [4.69, 9.17) is 9.47 Å². The molecule has 0 aliphatic carbocycles. The van der Waals surface area contributed by atoms with Crippen molar-refractivity contribution in [3.63, 3.8) is 0 Å². The highest BCUT2D eigenvalue weighted by atomic mass is 16.6. The van der Waals surface area contributed by atoms with E-state index < -0.39 is 5.85 Å². The monoisotopic (exact) mass is 287 g/mol. The highest BCUT2D eigenvalue weighted by Crippen LogP contribution is 2.35. The topological polar surface area (TPSA) is 66.6 Å². The van der Waals surface area contributed by atoms with Crippen molar-refractivity contribution in [3.8, 4) is 5.88 Å². The molecule has 1 aromatic heterocycles. The normalized spacial score (nSPS) is 25.4. The molecule has 2 aromatic rings. The fourth-order valence-corrected chi connectivity index (χ4v) is 2.99. The van der Waals surface area contributed by atoms with Crippen LogP contribution in [0.15, 0.2) is 29.1 Å². The predicted molar refractivity (Wildman–Crippen MR) is 79.6 cm³/mol. The summed E-state index contributed by atoms with van der Waals surface area (Å²) in [5, 5.41) is 3.91. The van der Waals surface area contributed by atoms with E-state index in [9.17, 15) is 4.79 Å². The lowest BCUT2D eigenvalue weighted by Gasteiger charge is -2.39. The molecule has 1 saturated heterocycles. The van der Waals surface area contributed by atoms with Crippen molar-refractivity contribution in [1.82, 2.24) is 9.88 Å². The van der Waals surface area contributed by atoms with Gasteiger partial charge >= 0.3 is 0 Å². The van der Waals surface area contributed by atoms with Crippen molar-refractivity contribution in [2.24, 2.45) is 0 Å². The first-order valence-electron chi connectivity index (χ1n) is 7.12. The van der Waals surface area contributed by atoms with Crippen molar-refractivity contribution in [2.75, 3.05) is 31.6 Å². The molecular formula is C15H17N3O3. The summed E-state index contributed by atoms with van der Waals surface area (Å²) >= 11 is 0. The molecule has 6 heteroatoms. The molecule has 0 bridgehead atoms. The Morgan fingerprint density at radius 3 is 2.81 bits per heavy atom. The molecule has 2 aliphatic heterocycles. The Bertz CT molecular complexity index is 751. The molecule has 0 radical (unpaired) electrons. The van der Waals surface area contributed by atoms with Gasteiger partial charge in [0.2, 0.25) is 17.2 Å². The number of hydrogen-bond acceptors (Lipinski definition) is 5. The van der Waals surface area contributed by atoms with Crippen LogP contribution in [-0.2, 0) is 4.74 Å². The van der Waals surface area contributed by atoms with E-state index in [1.165, 1.54) is 0 Å². The molecule has 2 aliphatic rings. The van der Waals surface area contributed by atoms with Crippen molar-refractivity contribution in [1.29, 1.82) is 0 Å². The Labute approximate surface area is 121 Å². The van der Waals surface area contributed by atoms with E-state index in [0.717, 1.165) is 18.6 Å². The van der Waals surface area contributed by atoms with Gasteiger partial charge in [-0.2, -0.15) is 0 Å². The van der Waals surface area contributed by atoms with Gasteiger partial charge in [0, 0.05) is 25.4 Å². The molecule has 21 heavy (non-hydrogen) atoms. The van der Waals surface area contributed by atoms with Crippen LogP contribution in [0.25, 0.3) is 10.9 Å². The lowest BCUT2D eigenvalue weighted by Crippen LogP contribution is -2.58. The number of anilines is 1. The van der Waals surface area contributed by atoms with E-state index >= 15 is 0 Å². The average Bonchev–Trinajstić information content (AvgIpc) is 2.87. The van der Waals surface area contributed by atoms with Gasteiger partial charge in [0.05, 0.1) is 18.7 Å². The van der Waals surface area contributed by atoms with Gasteiger partial charge in [-0.05, 0) is 12.1 Å². The largest absolute Gasteiger partial charge is 0.437 e. The number of fused-ring (bicyclic) bond motifs is 2. The number of aromatic amines is 1. The Morgan fingerprint density at radius 2 is 2.00 bits per heavy atom. The summed E-state index contributed by atoms with van der Waals surface area (Å²) in [6, 6.07) is 7.46. The first-order chi connectivity index (χ1) is 10.2. The molecule has 1 atom stereocenters. The molecular weight excluding hydrogens is 270 g/mol. The van der Waals surface area contributed by atoms with Crippen LogP contribution < -0.4 is 15.5 Å². The van der Waals surface area contributed by atoms with Crippen LogP contribution in [0.3, 0.4) is 0 Å². The molecule has 3 heterocycles. The lowest BCUT2D eigenvalue weighted by molar-refractivity contribution is -0.0871. The van der Waals surface area contributed by atoms with Gasteiger partial charge in [-0.15, -0.1) is 0 Å². The Kier molecular flexibility index (Phi) is 2.70. The van der Waals surface area contributed by atoms with Gasteiger partial charge in [-0.3, -0.25) is 4.79 Å². The number of benzene rings is 1. The minimum absolute atomic E-state index is 0.0312. The second-order valence-corrected chi connectivity index (χ2v) is 5.51. The molecule has 0 spiro atoms. The average molecular weight is 287 g/mol. The second-order valence-electron chi connectivity index (χ2n) is 5.51. The number of pyridine rings is 1. The molecule has 2 N–H and O–H groups in total. The van der Waals surface area contributed by atoms with Crippen LogP contribution in [0.1, 0.15) is 6.92 Å². The molecule has 0 saturated carbocycles. The standard InChI is InChI=1S/C15H17N3O3/c1-15(18-6-8-20-9-7-18)17-12-13(19)10-4-2-3-5-11(10)16-14(12)21-15/h2-5,17H,6-9H2,1H3,(H,16,19). The number of rotatable bonds is 1. The molecule has 110 valence electrons. The number of aromatic nitrogens is 1. The minimum atomic E-state index is -0.709. The number of para-hydroxylation sites is 1. The van der Waals surface area contributed by atoms with E-state index in [0.29, 0.717) is 30.2 Å². The zero-order valence-corrected chi connectivity index (χ0v) is 11.8. The highest BCUT2D eigenvalue weighted by molar-refractivity contribution is 5.84. The highest BCUT2D eigenvalue weighted by Gasteiger charge is 2.42. The van der Waals surface area contributed by atoms with Gasteiger partial charge in [0.15, 0.2) is 0 Å². The van der Waals surface area contributed by atoms with Crippen molar-refractivity contribution in [2.45, 2.75) is 12.8 Å². The zero-order valence-electron chi connectivity index (χ0n) is 11.8. The van der Waals surface area contributed by atoms with Crippen molar-refractivity contribution >= 4 is 16.6 Å². The van der Waals surface area contributed by atoms with Crippen molar-refractivity contribution in [3.05, 3.63) is 34.5 Å². The van der Waals surface area contributed by atoms with E-state index in [-0.39, 0.29) is 5.43 Å². The fourth-order valence-electron chi connectivity index (χ4n) is 2.99. The summed E-state index contributed by atoms with van der Waals surface area (Å²) in [7, 11) is 0. The summed E-state index contributed by atoms with van der Waals surface area (Å²) < 4.78 is 11.4.